The quantitative estimate of drug-likeness (QED) is 0.473. The number of aryl methyl sites for hydroxylation is 3. The number of rotatable bonds is 7. The normalized spacial score (nSPS) is 11.8. The Bertz CT molecular complexity index is 966. The first kappa shape index (κ1) is 21.6. The summed E-state index contributed by atoms with van der Waals surface area (Å²) in [4.78, 5) is 0. The summed E-state index contributed by atoms with van der Waals surface area (Å²) in [5.74, 6) is 0. The van der Waals surface area contributed by atoms with E-state index in [0.29, 0.717) is 5.02 Å². The van der Waals surface area contributed by atoms with Gasteiger partial charge in [0.15, 0.2) is 0 Å². The lowest BCUT2D eigenvalue weighted by Gasteiger charge is -2.17. The molecule has 3 nitrogen and oxygen atoms in total. The number of hydrogen-bond acceptors (Lipinski definition) is 2. The largest absolute Gasteiger partial charge is 0.313 e. The molecule has 0 radical (unpaired) electrons. The van der Waals surface area contributed by atoms with E-state index in [1.807, 2.05) is 28.9 Å². The van der Waals surface area contributed by atoms with E-state index >= 15 is 0 Å². The van der Waals surface area contributed by atoms with Crippen LogP contribution in [0.4, 0.5) is 0 Å². The summed E-state index contributed by atoms with van der Waals surface area (Å²) in [5, 5.41) is 9.19. The maximum Gasteiger partial charge on any atom is 0.0831 e. The third-order valence-electron chi connectivity index (χ3n) is 5.21. The van der Waals surface area contributed by atoms with E-state index in [4.69, 9.17) is 16.7 Å². The highest BCUT2D eigenvalue weighted by molar-refractivity contribution is 6.32. The third-order valence-corrected chi connectivity index (χ3v) is 5.53. The van der Waals surface area contributed by atoms with Gasteiger partial charge in [-0.05, 0) is 56.5 Å². The zero-order valence-electron chi connectivity index (χ0n) is 18.2. The van der Waals surface area contributed by atoms with Crippen molar-refractivity contribution < 1.29 is 0 Å². The van der Waals surface area contributed by atoms with E-state index in [2.05, 4.69) is 64.3 Å². The standard InChI is InChI=1S/C25H32ClN3/c1-18-12-13-20(19(2)15-18)9-8-14-27-16-21-17-29(28-24(21)25(3,4)5)23-11-7-6-10-22(23)26/h6-7,10-13,15,17,27H,8-9,14,16H2,1-5H3. The molecule has 0 saturated heterocycles. The molecule has 0 aliphatic carbocycles. The average Bonchev–Trinajstić information content (AvgIpc) is 3.08. The number of halogens is 1. The Hall–Kier alpha value is -2.10. The fourth-order valence-electron chi connectivity index (χ4n) is 3.68. The van der Waals surface area contributed by atoms with Crippen LogP contribution in [0.3, 0.4) is 0 Å². The van der Waals surface area contributed by atoms with Crippen LogP contribution in [-0.2, 0) is 18.4 Å². The molecule has 3 rings (SSSR count). The maximum absolute atomic E-state index is 6.38. The summed E-state index contributed by atoms with van der Waals surface area (Å²) in [5.41, 5.74) is 7.39. The molecule has 1 N–H and O–H groups in total. The Morgan fingerprint density at radius 3 is 2.48 bits per heavy atom. The van der Waals surface area contributed by atoms with Crippen molar-refractivity contribution in [3.63, 3.8) is 0 Å². The molecule has 1 aromatic heterocycles. The Morgan fingerprint density at radius 2 is 1.79 bits per heavy atom. The number of para-hydroxylation sites is 1. The minimum atomic E-state index is -0.0253. The van der Waals surface area contributed by atoms with Crippen LogP contribution in [0.5, 0.6) is 0 Å². The van der Waals surface area contributed by atoms with Crippen LogP contribution in [0.2, 0.25) is 5.02 Å². The van der Waals surface area contributed by atoms with Crippen molar-refractivity contribution >= 4 is 11.6 Å². The van der Waals surface area contributed by atoms with E-state index in [-0.39, 0.29) is 5.41 Å². The van der Waals surface area contributed by atoms with Crippen molar-refractivity contribution in [3.8, 4) is 5.69 Å². The molecule has 4 heteroatoms. The molecule has 0 saturated carbocycles. The summed E-state index contributed by atoms with van der Waals surface area (Å²) in [7, 11) is 0. The van der Waals surface area contributed by atoms with Crippen LogP contribution in [-0.4, -0.2) is 16.3 Å². The Morgan fingerprint density at radius 1 is 1.03 bits per heavy atom. The van der Waals surface area contributed by atoms with Crippen molar-refractivity contribution in [3.05, 3.63) is 81.6 Å². The molecule has 0 fully saturated rings. The Kier molecular flexibility index (Phi) is 6.81. The van der Waals surface area contributed by atoms with Gasteiger partial charge in [0.05, 0.1) is 16.4 Å². The van der Waals surface area contributed by atoms with Gasteiger partial charge in [-0.2, -0.15) is 5.10 Å². The van der Waals surface area contributed by atoms with E-state index in [0.717, 1.165) is 37.3 Å². The van der Waals surface area contributed by atoms with Gasteiger partial charge in [0.2, 0.25) is 0 Å². The highest BCUT2D eigenvalue weighted by Crippen LogP contribution is 2.27. The van der Waals surface area contributed by atoms with Crippen LogP contribution in [0, 0.1) is 13.8 Å². The smallest absolute Gasteiger partial charge is 0.0831 e. The van der Waals surface area contributed by atoms with Crippen LogP contribution in [0.25, 0.3) is 5.69 Å². The van der Waals surface area contributed by atoms with Gasteiger partial charge in [-0.3, -0.25) is 0 Å². The second kappa shape index (κ2) is 9.15. The minimum Gasteiger partial charge on any atom is -0.313 e. The summed E-state index contributed by atoms with van der Waals surface area (Å²) in [6.45, 7) is 12.8. The SMILES string of the molecule is Cc1ccc(CCCNCc2cn(-c3ccccc3Cl)nc2C(C)(C)C)c(C)c1. The van der Waals surface area contributed by atoms with Gasteiger partial charge in [0.1, 0.15) is 0 Å². The van der Waals surface area contributed by atoms with Gasteiger partial charge in [-0.1, -0.05) is 68.3 Å². The van der Waals surface area contributed by atoms with Gasteiger partial charge in [-0.15, -0.1) is 0 Å². The summed E-state index contributed by atoms with van der Waals surface area (Å²) >= 11 is 6.38. The van der Waals surface area contributed by atoms with E-state index in [1.54, 1.807) is 0 Å². The monoisotopic (exact) mass is 409 g/mol. The first-order valence-electron chi connectivity index (χ1n) is 10.4. The Balaban J connectivity index is 1.64. The number of nitrogens with one attached hydrogen (secondary N) is 1. The highest BCUT2D eigenvalue weighted by Gasteiger charge is 2.23. The first-order valence-corrected chi connectivity index (χ1v) is 10.7. The van der Waals surface area contributed by atoms with Crippen LogP contribution >= 0.6 is 11.6 Å². The lowest BCUT2D eigenvalue weighted by atomic mass is 9.89. The van der Waals surface area contributed by atoms with E-state index in [9.17, 15) is 0 Å². The fourth-order valence-corrected chi connectivity index (χ4v) is 3.91. The van der Waals surface area contributed by atoms with Gasteiger partial charge in [-0.25, -0.2) is 4.68 Å². The van der Waals surface area contributed by atoms with Crippen molar-refractivity contribution in [1.82, 2.24) is 15.1 Å². The molecule has 0 spiro atoms. The maximum atomic E-state index is 6.38. The molecule has 0 atom stereocenters. The van der Waals surface area contributed by atoms with E-state index < -0.39 is 0 Å². The van der Waals surface area contributed by atoms with Gasteiger partial charge in [0.25, 0.3) is 0 Å². The zero-order valence-corrected chi connectivity index (χ0v) is 19.0. The summed E-state index contributed by atoms with van der Waals surface area (Å²) < 4.78 is 1.91. The molecule has 154 valence electrons. The molecule has 0 unspecified atom stereocenters. The lowest BCUT2D eigenvalue weighted by Crippen LogP contribution is -2.20. The fraction of sp³-hybridized carbons (Fsp3) is 0.400. The van der Waals surface area contributed by atoms with Crippen LogP contribution in [0.15, 0.2) is 48.7 Å². The zero-order chi connectivity index (χ0) is 21.0. The summed E-state index contributed by atoms with van der Waals surface area (Å²) in [6.07, 6.45) is 4.33. The van der Waals surface area contributed by atoms with E-state index in [1.165, 1.54) is 22.3 Å². The Labute approximate surface area is 180 Å². The number of hydrogen-bond donors (Lipinski definition) is 1. The lowest BCUT2D eigenvalue weighted by molar-refractivity contribution is 0.547. The average molecular weight is 410 g/mol. The second-order valence-electron chi connectivity index (χ2n) is 8.86. The molecule has 0 bridgehead atoms. The molecule has 1 heterocycles. The first-order chi connectivity index (χ1) is 13.8. The predicted octanol–water partition coefficient (Wildman–Crippen LogP) is 6.16. The molecule has 3 aromatic rings. The highest BCUT2D eigenvalue weighted by atomic mass is 35.5. The van der Waals surface area contributed by atoms with Crippen LogP contribution in [0.1, 0.15) is 55.1 Å². The molecule has 0 aliphatic heterocycles. The molecule has 29 heavy (non-hydrogen) atoms. The molecule has 0 aliphatic rings. The van der Waals surface area contributed by atoms with Crippen molar-refractivity contribution in [1.29, 1.82) is 0 Å². The van der Waals surface area contributed by atoms with Gasteiger partial charge in [0, 0.05) is 23.7 Å². The third kappa shape index (κ3) is 5.49. The molecule has 0 amide bonds. The number of benzene rings is 2. The number of nitrogens with zero attached hydrogens (tertiary/aromatic N) is 2. The second-order valence-corrected chi connectivity index (χ2v) is 9.27. The predicted molar refractivity (Wildman–Crippen MR) is 123 cm³/mol. The van der Waals surface area contributed by atoms with Gasteiger partial charge < -0.3 is 5.32 Å². The molecular weight excluding hydrogens is 378 g/mol. The van der Waals surface area contributed by atoms with Crippen molar-refractivity contribution in [2.24, 2.45) is 0 Å². The number of aromatic nitrogens is 2. The minimum absolute atomic E-state index is 0.0253. The molecular formula is C25H32ClN3. The van der Waals surface area contributed by atoms with Crippen molar-refractivity contribution in [2.75, 3.05) is 6.54 Å². The van der Waals surface area contributed by atoms with Crippen molar-refractivity contribution in [2.45, 2.75) is 59.4 Å². The topological polar surface area (TPSA) is 29.9 Å². The summed E-state index contributed by atoms with van der Waals surface area (Å²) in [6, 6.07) is 14.6. The molecule has 2 aromatic carbocycles. The van der Waals surface area contributed by atoms with Crippen LogP contribution < -0.4 is 5.32 Å². The van der Waals surface area contributed by atoms with Gasteiger partial charge >= 0.3 is 0 Å².